The molecule has 0 radical (unpaired) electrons. The Balaban J connectivity index is 1.99. The highest BCUT2D eigenvalue weighted by Gasteiger charge is 2.05. The van der Waals surface area contributed by atoms with Crippen LogP contribution in [0.5, 0.6) is 0 Å². The van der Waals surface area contributed by atoms with Crippen molar-refractivity contribution in [1.29, 1.82) is 0 Å². The van der Waals surface area contributed by atoms with Crippen molar-refractivity contribution in [1.82, 2.24) is 4.90 Å². The van der Waals surface area contributed by atoms with Crippen molar-refractivity contribution in [2.45, 2.75) is 6.54 Å². The second-order valence-corrected chi connectivity index (χ2v) is 4.94. The summed E-state index contributed by atoms with van der Waals surface area (Å²) in [5, 5.41) is 0.641. The van der Waals surface area contributed by atoms with Gasteiger partial charge in [0.05, 0.1) is 0 Å². The molecule has 2 aromatic carbocycles. The Bertz CT molecular complexity index is 607. The topological polar surface area (TPSA) is 20.3 Å². The first-order valence-electron chi connectivity index (χ1n) is 6.38. The fourth-order valence-corrected chi connectivity index (χ4v) is 2.03. The number of benzene rings is 2. The van der Waals surface area contributed by atoms with Gasteiger partial charge in [-0.05, 0) is 23.3 Å². The lowest BCUT2D eigenvalue weighted by Gasteiger charge is -2.15. The number of hydrogen-bond donors (Lipinski definition) is 0. The molecule has 0 aliphatic heterocycles. The second-order valence-electron chi connectivity index (χ2n) is 4.53. The molecule has 0 spiro atoms. The highest BCUT2D eigenvalue weighted by atomic mass is 35.5. The van der Waals surface area contributed by atoms with E-state index in [-0.39, 0.29) is 5.91 Å². The van der Waals surface area contributed by atoms with E-state index in [1.807, 2.05) is 48.5 Å². The van der Waals surface area contributed by atoms with Crippen molar-refractivity contribution >= 4 is 23.6 Å². The quantitative estimate of drug-likeness (QED) is 0.777. The van der Waals surface area contributed by atoms with E-state index in [2.05, 4.69) is 0 Å². The van der Waals surface area contributed by atoms with Gasteiger partial charge in [-0.1, -0.05) is 60.1 Å². The molecule has 0 aliphatic rings. The summed E-state index contributed by atoms with van der Waals surface area (Å²) < 4.78 is 0. The molecule has 0 N–H and O–H groups in total. The van der Waals surface area contributed by atoms with Crippen LogP contribution in [-0.4, -0.2) is 17.9 Å². The Morgan fingerprint density at radius 2 is 1.75 bits per heavy atom. The molecule has 2 rings (SSSR count). The van der Waals surface area contributed by atoms with Crippen LogP contribution >= 0.6 is 11.6 Å². The average molecular weight is 286 g/mol. The van der Waals surface area contributed by atoms with Gasteiger partial charge in [0.2, 0.25) is 5.91 Å². The summed E-state index contributed by atoms with van der Waals surface area (Å²) in [6.45, 7) is 0.590. The molecule has 0 saturated carbocycles. The van der Waals surface area contributed by atoms with Crippen LogP contribution in [0.1, 0.15) is 11.1 Å². The molecule has 2 nitrogen and oxygen atoms in total. The average Bonchev–Trinajstić information content (AvgIpc) is 2.47. The number of likely N-dealkylation sites (N-methyl/N-ethyl adjacent to an activating group) is 1. The minimum atomic E-state index is -0.0474. The zero-order valence-corrected chi connectivity index (χ0v) is 12.0. The lowest BCUT2D eigenvalue weighted by atomic mass is 10.2. The maximum Gasteiger partial charge on any atom is 0.246 e. The third-order valence-electron chi connectivity index (χ3n) is 2.95. The lowest BCUT2D eigenvalue weighted by molar-refractivity contribution is -0.125. The standard InChI is InChI=1S/C17H16ClNO/c1-19(13-14-7-3-2-4-8-14)17(20)12-11-15-9-5-6-10-16(15)18/h2-12H,13H2,1H3/b12-11-. The SMILES string of the molecule is CN(Cc1ccccc1)C(=O)/C=C\c1ccccc1Cl. The highest BCUT2D eigenvalue weighted by Crippen LogP contribution is 2.16. The van der Waals surface area contributed by atoms with Crippen LogP contribution in [0, 0.1) is 0 Å². The van der Waals surface area contributed by atoms with E-state index < -0.39 is 0 Å². The molecule has 2 aromatic rings. The number of carbonyl (C=O) groups is 1. The predicted octanol–water partition coefficient (Wildman–Crippen LogP) is 4.01. The number of carbonyl (C=O) groups excluding carboxylic acids is 1. The first-order chi connectivity index (χ1) is 9.66. The molecular formula is C17H16ClNO. The van der Waals surface area contributed by atoms with Crippen LogP contribution in [0.15, 0.2) is 60.7 Å². The Kier molecular flexibility index (Phi) is 4.97. The molecule has 0 fully saturated rings. The smallest absolute Gasteiger partial charge is 0.246 e. The Labute approximate surface area is 124 Å². The summed E-state index contributed by atoms with van der Waals surface area (Å²) in [5.74, 6) is -0.0474. The summed E-state index contributed by atoms with van der Waals surface area (Å²) in [5.41, 5.74) is 1.95. The van der Waals surface area contributed by atoms with Gasteiger partial charge in [-0.15, -0.1) is 0 Å². The molecule has 20 heavy (non-hydrogen) atoms. The van der Waals surface area contributed by atoms with Gasteiger partial charge in [-0.3, -0.25) is 4.79 Å². The molecule has 0 unspecified atom stereocenters. The first kappa shape index (κ1) is 14.4. The largest absolute Gasteiger partial charge is 0.338 e. The third-order valence-corrected chi connectivity index (χ3v) is 3.29. The molecule has 3 heteroatoms. The second kappa shape index (κ2) is 6.92. The minimum Gasteiger partial charge on any atom is -0.338 e. The Morgan fingerprint density at radius 3 is 2.45 bits per heavy atom. The Morgan fingerprint density at radius 1 is 1.10 bits per heavy atom. The molecular weight excluding hydrogens is 270 g/mol. The van der Waals surface area contributed by atoms with E-state index in [1.54, 1.807) is 30.2 Å². The van der Waals surface area contributed by atoms with Gasteiger partial charge in [-0.2, -0.15) is 0 Å². The van der Waals surface area contributed by atoms with Crippen molar-refractivity contribution < 1.29 is 4.79 Å². The van der Waals surface area contributed by atoms with Gasteiger partial charge in [0, 0.05) is 24.7 Å². The lowest BCUT2D eigenvalue weighted by Crippen LogP contribution is -2.24. The minimum absolute atomic E-state index is 0.0474. The van der Waals surface area contributed by atoms with Gasteiger partial charge in [0.15, 0.2) is 0 Å². The van der Waals surface area contributed by atoms with Crippen molar-refractivity contribution in [2.24, 2.45) is 0 Å². The summed E-state index contributed by atoms with van der Waals surface area (Å²) in [4.78, 5) is 13.7. The van der Waals surface area contributed by atoms with Gasteiger partial charge >= 0.3 is 0 Å². The number of nitrogens with zero attached hydrogens (tertiary/aromatic N) is 1. The zero-order valence-electron chi connectivity index (χ0n) is 11.3. The van der Waals surface area contributed by atoms with Crippen LogP contribution in [0.25, 0.3) is 6.08 Å². The van der Waals surface area contributed by atoms with E-state index in [9.17, 15) is 4.79 Å². The Hall–Kier alpha value is -2.06. The van der Waals surface area contributed by atoms with Crippen LogP contribution in [0.4, 0.5) is 0 Å². The normalized spacial score (nSPS) is 10.7. The summed E-state index contributed by atoms with van der Waals surface area (Å²) in [6, 6.07) is 17.3. The molecule has 0 bridgehead atoms. The number of hydrogen-bond acceptors (Lipinski definition) is 1. The van der Waals surface area contributed by atoms with E-state index in [0.29, 0.717) is 11.6 Å². The van der Waals surface area contributed by atoms with Crippen molar-refractivity contribution in [3.8, 4) is 0 Å². The van der Waals surface area contributed by atoms with Crippen molar-refractivity contribution in [3.63, 3.8) is 0 Å². The summed E-state index contributed by atoms with van der Waals surface area (Å²) in [7, 11) is 1.78. The fraction of sp³-hybridized carbons (Fsp3) is 0.118. The maximum absolute atomic E-state index is 12.0. The van der Waals surface area contributed by atoms with Gasteiger partial charge < -0.3 is 4.90 Å². The van der Waals surface area contributed by atoms with Crippen LogP contribution in [0.3, 0.4) is 0 Å². The van der Waals surface area contributed by atoms with E-state index in [0.717, 1.165) is 11.1 Å². The number of halogens is 1. The van der Waals surface area contributed by atoms with E-state index >= 15 is 0 Å². The molecule has 0 saturated heterocycles. The summed E-state index contributed by atoms with van der Waals surface area (Å²) in [6.07, 6.45) is 3.29. The first-order valence-corrected chi connectivity index (χ1v) is 6.76. The van der Waals surface area contributed by atoms with Gasteiger partial charge in [0.25, 0.3) is 0 Å². The number of rotatable bonds is 4. The van der Waals surface area contributed by atoms with Crippen molar-refractivity contribution in [3.05, 3.63) is 76.8 Å². The zero-order chi connectivity index (χ0) is 14.4. The molecule has 102 valence electrons. The van der Waals surface area contributed by atoms with Crippen LogP contribution in [0.2, 0.25) is 5.02 Å². The molecule has 1 amide bonds. The van der Waals surface area contributed by atoms with Crippen LogP contribution in [-0.2, 0) is 11.3 Å². The predicted molar refractivity (Wildman–Crippen MR) is 83.4 cm³/mol. The van der Waals surface area contributed by atoms with E-state index in [4.69, 9.17) is 11.6 Å². The van der Waals surface area contributed by atoms with Gasteiger partial charge in [0.1, 0.15) is 0 Å². The maximum atomic E-state index is 12.0. The molecule has 0 aliphatic carbocycles. The number of amides is 1. The fourth-order valence-electron chi connectivity index (χ4n) is 1.83. The molecule has 0 aromatic heterocycles. The molecule has 0 atom stereocenters. The van der Waals surface area contributed by atoms with E-state index in [1.165, 1.54) is 0 Å². The third kappa shape index (κ3) is 3.97. The highest BCUT2D eigenvalue weighted by molar-refractivity contribution is 6.32. The van der Waals surface area contributed by atoms with Crippen LogP contribution < -0.4 is 0 Å². The van der Waals surface area contributed by atoms with Gasteiger partial charge in [-0.25, -0.2) is 0 Å². The summed E-state index contributed by atoms with van der Waals surface area (Å²) >= 11 is 6.04. The monoisotopic (exact) mass is 285 g/mol. The molecule has 0 heterocycles. The van der Waals surface area contributed by atoms with Crippen molar-refractivity contribution in [2.75, 3.05) is 7.05 Å².